The number of carbonyl (C=O) groups excluding carboxylic acids is 2. The quantitative estimate of drug-likeness (QED) is 0.422. The van der Waals surface area contributed by atoms with Gasteiger partial charge in [-0.2, -0.15) is 0 Å². The molecule has 2 heterocycles. The van der Waals surface area contributed by atoms with Crippen molar-refractivity contribution in [2.75, 3.05) is 37.9 Å². The van der Waals surface area contributed by atoms with E-state index in [4.69, 9.17) is 14.2 Å². The summed E-state index contributed by atoms with van der Waals surface area (Å²) in [4.78, 5) is 32.4. The van der Waals surface area contributed by atoms with Crippen LogP contribution in [0.15, 0.2) is 18.3 Å². The van der Waals surface area contributed by atoms with Crippen LogP contribution in [0.4, 0.5) is 10.6 Å². The van der Waals surface area contributed by atoms with Crippen molar-refractivity contribution in [3.8, 4) is 5.75 Å². The van der Waals surface area contributed by atoms with Crippen molar-refractivity contribution in [3.05, 3.63) is 24.0 Å². The number of hydrogen-bond acceptors (Lipinski definition) is 9. The molecule has 33 heavy (non-hydrogen) atoms. The molecule has 12 heteroatoms. The molecule has 0 fully saturated rings. The van der Waals surface area contributed by atoms with Gasteiger partial charge in [0.1, 0.15) is 11.1 Å². The van der Waals surface area contributed by atoms with E-state index >= 15 is 0 Å². The predicted octanol–water partition coefficient (Wildman–Crippen LogP) is 2.50. The highest BCUT2D eigenvalue weighted by Crippen LogP contribution is 2.34. The Morgan fingerprint density at radius 3 is 2.48 bits per heavy atom. The maximum atomic E-state index is 13.0. The Bertz CT molecular complexity index is 1110. The Labute approximate surface area is 193 Å². The van der Waals surface area contributed by atoms with Crippen molar-refractivity contribution in [2.24, 2.45) is 0 Å². The summed E-state index contributed by atoms with van der Waals surface area (Å²) in [6.45, 7) is 5.54. The normalized spacial score (nSPS) is 11.7. The van der Waals surface area contributed by atoms with Crippen LogP contribution >= 0.6 is 0 Å². The highest BCUT2D eigenvalue weighted by Gasteiger charge is 2.27. The summed E-state index contributed by atoms with van der Waals surface area (Å²) in [6, 6.07) is 3.28. The molecule has 2 rings (SSSR count). The maximum Gasteiger partial charge on any atom is 0.407 e. The van der Waals surface area contributed by atoms with Crippen molar-refractivity contribution in [3.63, 3.8) is 0 Å². The number of pyridine rings is 2. The minimum absolute atomic E-state index is 0.0335. The largest absolute Gasteiger partial charge is 0.492 e. The molecule has 2 aromatic rings. The van der Waals surface area contributed by atoms with Gasteiger partial charge in [-0.1, -0.05) is 0 Å². The smallest absolute Gasteiger partial charge is 0.407 e. The highest BCUT2D eigenvalue weighted by atomic mass is 32.2. The Hall–Kier alpha value is -3.15. The molecule has 0 spiro atoms. The second kappa shape index (κ2) is 10.6. The number of fused-ring (bicyclic) bond motifs is 1. The Kier molecular flexibility index (Phi) is 8.42. The number of sulfonamides is 1. The number of nitrogens with one attached hydrogen (secondary N) is 1. The molecule has 0 radical (unpaired) electrons. The summed E-state index contributed by atoms with van der Waals surface area (Å²) in [5.41, 5.74) is -0.499. The van der Waals surface area contributed by atoms with Crippen LogP contribution in [0.2, 0.25) is 0 Å². The van der Waals surface area contributed by atoms with Gasteiger partial charge in [-0.05, 0) is 45.7 Å². The van der Waals surface area contributed by atoms with Gasteiger partial charge in [-0.3, -0.25) is 9.29 Å². The molecule has 0 aliphatic rings. The molecule has 0 bridgehead atoms. The van der Waals surface area contributed by atoms with Crippen LogP contribution < -0.4 is 14.4 Å². The number of anilines is 1. The van der Waals surface area contributed by atoms with Gasteiger partial charge in [0.05, 0.1) is 20.0 Å². The second-order valence-electron chi connectivity index (χ2n) is 8.13. The van der Waals surface area contributed by atoms with Crippen molar-refractivity contribution < 1.29 is 32.2 Å². The third-order valence-electron chi connectivity index (χ3n) is 4.49. The number of esters is 1. The SMILES string of the molecule is COC(=O)c1nc(N(C)S(=O)(=O)CCCCNC(=O)OC(C)(C)C)c2cccnc2c1OC. The zero-order valence-corrected chi connectivity index (χ0v) is 20.5. The number of methoxy groups -OCH3 is 2. The van der Waals surface area contributed by atoms with E-state index in [-0.39, 0.29) is 35.1 Å². The molecular weight excluding hydrogens is 452 g/mol. The number of unbranched alkanes of at least 4 members (excludes halogenated alkanes) is 1. The van der Waals surface area contributed by atoms with Gasteiger partial charge in [0.25, 0.3) is 0 Å². The molecule has 0 saturated heterocycles. The van der Waals surface area contributed by atoms with Crippen LogP contribution in [0, 0.1) is 0 Å². The van der Waals surface area contributed by atoms with Gasteiger partial charge in [0.2, 0.25) is 10.0 Å². The van der Waals surface area contributed by atoms with E-state index in [0.717, 1.165) is 4.31 Å². The Morgan fingerprint density at radius 2 is 1.88 bits per heavy atom. The lowest BCUT2D eigenvalue weighted by atomic mass is 10.2. The monoisotopic (exact) mass is 482 g/mol. The van der Waals surface area contributed by atoms with Crippen molar-refractivity contribution in [2.45, 2.75) is 39.2 Å². The first-order chi connectivity index (χ1) is 15.4. The summed E-state index contributed by atoms with van der Waals surface area (Å²) in [6.07, 6.45) is 1.66. The molecular formula is C21H30N4O7S. The van der Waals surface area contributed by atoms with Gasteiger partial charge < -0.3 is 19.5 Å². The lowest BCUT2D eigenvalue weighted by Crippen LogP contribution is -2.33. The third kappa shape index (κ3) is 6.67. The van der Waals surface area contributed by atoms with Gasteiger partial charge in [-0.25, -0.2) is 23.0 Å². The molecule has 0 aromatic carbocycles. The molecule has 2 aromatic heterocycles. The van der Waals surface area contributed by atoms with Gasteiger partial charge >= 0.3 is 12.1 Å². The number of amides is 1. The van der Waals surface area contributed by atoms with Crippen LogP contribution in [0.3, 0.4) is 0 Å². The molecule has 0 unspecified atom stereocenters. The third-order valence-corrected chi connectivity index (χ3v) is 6.30. The Morgan fingerprint density at radius 1 is 1.18 bits per heavy atom. The van der Waals surface area contributed by atoms with E-state index < -0.39 is 27.7 Å². The summed E-state index contributed by atoms with van der Waals surface area (Å²) in [5, 5.41) is 3.00. The first-order valence-corrected chi connectivity index (χ1v) is 11.9. The second-order valence-corrected chi connectivity index (χ2v) is 10.2. The number of ether oxygens (including phenoxy) is 3. The van der Waals surface area contributed by atoms with Crippen LogP contribution in [0.5, 0.6) is 5.75 Å². The maximum absolute atomic E-state index is 13.0. The standard InChI is InChI=1S/C21H30N4O7S/c1-21(2,3)32-20(27)23-11-7-8-13-33(28,29)25(4)18-14-10-9-12-22-15(14)17(30-5)16(24-18)19(26)31-6/h9-10,12H,7-8,11,13H2,1-6H3,(H,23,27). The first kappa shape index (κ1) is 26.1. The molecule has 0 aliphatic heterocycles. The number of nitrogens with zero attached hydrogens (tertiary/aromatic N) is 3. The number of aromatic nitrogens is 2. The van der Waals surface area contributed by atoms with Gasteiger partial charge in [-0.15, -0.1) is 0 Å². The van der Waals surface area contributed by atoms with E-state index in [1.807, 2.05) is 0 Å². The summed E-state index contributed by atoms with van der Waals surface area (Å²) in [5.74, 6) is -0.839. The minimum atomic E-state index is -3.80. The number of alkyl carbamates (subject to hydrolysis) is 1. The molecule has 1 N–H and O–H groups in total. The average Bonchev–Trinajstić information content (AvgIpc) is 2.75. The van der Waals surface area contributed by atoms with Crippen LogP contribution in [-0.4, -0.2) is 69.6 Å². The minimum Gasteiger partial charge on any atom is -0.492 e. The first-order valence-electron chi connectivity index (χ1n) is 10.3. The van der Waals surface area contributed by atoms with Gasteiger partial charge in [0, 0.05) is 25.2 Å². The fourth-order valence-corrected chi connectivity index (χ4v) is 4.19. The van der Waals surface area contributed by atoms with Crippen LogP contribution in [0.25, 0.3) is 10.9 Å². The zero-order chi connectivity index (χ0) is 24.8. The lowest BCUT2D eigenvalue weighted by molar-refractivity contribution is 0.0525. The summed E-state index contributed by atoms with van der Waals surface area (Å²) >= 11 is 0. The fourth-order valence-electron chi connectivity index (χ4n) is 2.95. The van der Waals surface area contributed by atoms with Crippen molar-refractivity contribution in [1.82, 2.24) is 15.3 Å². The van der Waals surface area contributed by atoms with E-state index in [1.54, 1.807) is 32.9 Å². The lowest BCUT2D eigenvalue weighted by Gasteiger charge is -2.22. The van der Waals surface area contributed by atoms with Crippen molar-refractivity contribution in [1.29, 1.82) is 0 Å². The molecule has 182 valence electrons. The van der Waals surface area contributed by atoms with Crippen molar-refractivity contribution >= 4 is 38.8 Å². The molecule has 0 atom stereocenters. The van der Waals surface area contributed by atoms with E-state index in [9.17, 15) is 18.0 Å². The molecule has 0 saturated carbocycles. The number of carbonyl (C=O) groups is 2. The van der Waals surface area contributed by atoms with Gasteiger partial charge in [0.15, 0.2) is 17.3 Å². The molecule has 11 nitrogen and oxygen atoms in total. The van der Waals surface area contributed by atoms with E-state index in [0.29, 0.717) is 18.2 Å². The Balaban J connectivity index is 2.19. The van der Waals surface area contributed by atoms with E-state index in [1.165, 1.54) is 27.5 Å². The number of rotatable bonds is 9. The van der Waals surface area contributed by atoms with Crippen LogP contribution in [0.1, 0.15) is 44.1 Å². The summed E-state index contributed by atoms with van der Waals surface area (Å²) < 4.78 is 42.2. The molecule has 1 amide bonds. The van der Waals surface area contributed by atoms with E-state index in [2.05, 4.69) is 15.3 Å². The number of hydrogen-bond donors (Lipinski definition) is 1. The zero-order valence-electron chi connectivity index (χ0n) is 19.7. The fraction of sp³-hybridized carbons (Fsp3) is 0.524. The predicted molar refractivity (Wildman–Crippen MR) is 123 cm³/mol. The molecule has 0 aliphatic carbocycles. The topological polar surface area (TPSA) is 137 Å². The summed E-state index contributed by atoms with van der Waals surface area (Å²) in [7, 11) is 0.117. The highest BCUT2D eigenvalue weighted by molar-refractivity contribution is 7.92. The van der Waals surface area contributed by atoms with Crippen LogP contribution in [-0.2, 0) is 19.5 Å². The average molecular weight is 483 g/mol.